The van der Waals surface area contributed by atoms with E-state index in [1.54, 1.807) is 6.20 Å². The fourth-order valence-electron chi connectivity index (χ4n) is 3.17. The van der Waals surface area contributed by atoms with E-state index in [0.717, 1.165) is 17.7 Å². The fourth-order valence-corrected chi connectivity index (χ4v) is 3.17. The first-order valence-electron chi connectivity index (χ1n) is 9.11. The summed E-state index contributed by atoms with van der Waals surface area (Å²) in [6, 6.07) is 6.68. The molecule has 0 saturated carbocycles. The molecule has 1 aromatic carbocycles. The predicted octanol–water partition coefficient (Wildman–Crippen LogP) is 2.96. The maximum Gasteiger partial charge on any atom is 0.238 e. The summed E-state index contributed by atoms with van der Waals surface area (Å²) in [5.74, 6) is -1.57. The van der Waals surface area contributed by atoms with Gasteiger partial charge < -0.3 is 10.6 Å². The molecular formula is C20H22F2N4O2. The highest BCUT2D eigenvalue weighted by Gasteiger charge is 2.26. The first-order valence-corrected chi connectivity index (χ1v) is 9.11. The van der Waals surface area contributed by atoms with Gasteiger partial charge in [-0.3, -0.25) is 14.5 Å². The third kappa shape index (κ3) is 5.32. The van der Waals surface area contributed by atoms with Crippen LogP contribution >= 0.6 is 0 Å². The van der Waals surface area contributed by atoms with Gasteiger partial charge in [0, 0.05) is 18.2 Å². The number of likely N-dealkylation sites (tertiary alicyclic amines) is 1. The van der Waals surface area contributed by atoms with Crippen LogP contribution in [0, 0.1) is 24.5 Å². The first kappa shape index (κ1) is 19.9. The van der Waals surface area contributed by atoms with Gasteiger partial charge in [-0.15, -0.1) is 0 Å². The highest BCUT2D eigenvalue weighted by Crippen LogP contribution is 2.20. The van der Waals surface area contributed by atoms with E-state index in [-0.39, 0.29) is 30.0 Å². The van der Waals surface area contributed by atoms with E-state index in [9.17, 15) is 18.4 Å². The van der Waals surface area contributed by atoms with Gasteiger partial charge in [0.25, 0.3) is 0 Å². The van der Waals surface area contributed by atoms with Crippen LogP contribution in [0.5, 0.6) is 0 Å². The largest absolute Gasteiger partial charge is 0.322 e. The fraction of sp³-hybridized carbons (Fsp3) is 0.350. The van der Waals surface area contributed by atoms with Gasteiger partial charge in [-0.05, 0) is 62.7 Å². The summed E-state index contributed by atoms with van der Waals surface area (Å²) in [5, 5.41) is 5.28. The van der Waals surface area contributed by atoms with Crippen molar-refractivity contribution in [1.29, 1.82) is 0 Å². The van der Waals surface area contributed by atoms with E-state index in [4.69, 9.17) is 0 Å². The Morgan fingerprint density at radius 1 is 1.14 bits per heavy atom. The molecule has 1 saturated heterocycles. The molecule has 0 aliphatic carbocycles. The maximum atomic E-state index is 13.6. The number of carbonyl (C=O) groups is 2. The Kier molecular flexibility index (Phi) is 6.30. The molecule has 3 rings (SSSR count). The lowest BCUT2D eigenvalue weighted by Crippen LogP contribution is -2.41. The Morgan fingerprint density at radius 2 is 1.89 bits per heavy atom. The van der Waals surface area contributed by atoms with Crippen LogP contribution in [0.2, 0.25) is 0 Å². The van der Waals surface area contributed by atoms with Gasteiger partial charge in [-0.2, -0.15) is 0 Å². The third-order valence-corrected chi connectivity index (χ3v) is 4.70. The molecule has 148 valence electrons. The molecule has 2 N–H and O–H groups in total. The Bertz CT molecular complexity index is 867. The zero-order valence-corrected chi connectivity index (χ0v) is 15.5. The van der Waals surface area contributed by atoms with E-state index in [2.05, 4.69) is 15.6 Å². The second-order valence-electron chi connectivity index (χ2n) is 6.93. The molecule has 0 unspecified atom stereocenters. The average Bonchev–Trinajstić information content (AvgIpc) is 2.64. The van der Waals surface area contributed by atoms with Crippen molar-refractivity contribution < 1.29 is 18.4 Å². The van der Waals surface area contributed by atoms with Gasteiger partial charge in [0.15, 0.2) is 0 Å². The minimum Gasteiger partial charge on any atom is -0.322 e. The average molecular weight is 388 g/mol. The number of pyridine rings is 1. The standard InChI is InChI=1S/C20H22F2N4O2/c1-13-4-7-23-18(10-13)25-20(28)14-5-8-26(9-6-14)12-19(27)24-17-3-2-15(21)11-16(17)22/h2-4,7,10-11,14H,5-6,8-9,12H2,1H3,(H,24,27)(H,23,25,28). The second kappa shape index (κ2) is 8.88. The zero-order valence-electron chi connectivity index (χ0n) is 15.5. The van der Waals surface area contributed by atoms with Crippen molar-refractivity contribution in [3.63, 3.8) is 0 Å². The van der Waals surface area contributed by atoms with Crippen molar-refractivity contribution in [1.82, 2.24) is 9.88 Å². The molecule has 6 nitrogen and oxygen atoms in total. The van der Waals surface area contributed by atoms with Crippen LogP contribution in [0.15, 0.2) is 36.5 Å². The molecule has 2 aromatic rings. The van der Waals surface area contributed by atoms with Crippen LogP contribution in [-0.4, -0.2) is 41.3 Å². The minimum absolute atomic E-state index is 0.0497. The van der Waals surface area contributed by atoms with Crippen molar-refractivity contribution >= 4 is 23.3 Å². The lowest BCUT2D eigenvalue weighted by molar-refractivity contribution is -0.121. The molecule has 2 amide bonds. The number of piperidine rings is 1. The number of nitrogens with zero attached hydrogens (tertiary/aromatic N) is 2. The molecule has 1 aliphatic rings. The SMILES string of the molecule is Cc1ccnc(NC(=O)C2CCN(CC(=O)Nc3ccc(F)cc3F)CC2)c1. The van der Waals surface area contributed by atoms with Crippen molar-refractivity contribution in [2.24, 2.45) is 5.92 Å². The van der Waals surface area contributed by atoms with Crippen molar-refractivity contribution in [3.8, 4) is 0 Å². The summed E-state index contributed by atoms with van der Waals surface area (Å²) in [6.45, 7) is 3.18. The van der Waals surface area contributed by atoms with Crippen LogP contribution < -0.4 is 10.6 Å². The van der Waals surface area contributed by atoms with E-state index in [1.165, 1.54) is 6.07 Å². The summed E-state index contributed by atoms with van der Waals surface area (Å²) in [5.41, 5.74) is 0.968. The minimum atomic E-state index is -0.812. The van der Waals surface area contributed by atoms with Gasteiger partial charge in [0.1, 0.15) is 17.5 Å². The van der Waals surface area contributed by atoms with Crippen molar-refractivity contribution in [2.75, 3.05) is 30.3 Å². The number of benzene rings is 1. The normalized spacial score (nSPS) is 15.2. The Hall–Kier alpha value is -2.87. The third-order valence-electron chi connectivity index (χ3n) is 4.70. The lowest BCUT2D eigenvalue weighted by Gasteiger charge is -2.30. The van der Waals surface area contributed by atoms with Crippen LogP contribution in [0.25, 0.3) is 0 Å². The summed E-state index contributed by atoms with van der Waals surface area (Å²) in [6.07, 6.45) is 2.89. The number of aryl methyl sites for hydroxylation is 1. The number of anilines is 2. The molecule has 1 aromatic heterocycles. The van der Waals surface area contributed by atoms with Crippen LogP contribution in [0.3, 0.4) is 0 Å². The predicted molar refractivity (Wildman–Crippen MR) is 102 cm³/mol. The van der Waals surface area contributed by atoms with E-state index in [0.29, 0.717) is 31.7 Å². The molecule has 0 radical (unpaired) electrons. The summed E-state index contributed by atoms with van der Waals surface area (Å²) in [4.78, 5) is 30.5. The van der Waals surface area contributed by atoms with Gasteiger partial charge in [-0.25, -0.2) is 13.8 Å². The lowest BCUT2D eigenvalue weighted by atomic mass is 9.96. The number of hydrogen-bond acceptors (Lipinski definition) is 4. The number of nitrogens with one attached hydrogen (secondary N) is 2. The van der Waals surface area contributed by atoms with Crippen LogP contribution in [0.4, 0.5) is 20.3 Å². The Morgan fingerprint density at radius 3 is 2.57 bits per heavy atom. The quantitative estimate of drug-likeness (QED) is 0.826. The van der Waals surface area contributed by atoms with Gasteiger partial charge in [-0.1, -0.05) is 0 Å². The molecule has 0 atom stereocenters. The number of halogens is 2. The maximum absolute atomic E-state index is 13.6. The topological polar surface area (TPSA) is 74.3 Å². The summed E-state index contributed by atoms with van der Waals surface area (Å²) < 4.78 is 26.5. The number of hydrogen-bond donors (Lipinski definition) is 2. The highest BCUT2D eigenvalue weighted by molar-refractivity contribution is 5.93. The summed E-state index contributed by atoms with van der Waals surface area (Å²) >= 11 is 0. The highest BCUT2D eigenvalue weighted by atomic mass is 19.1. The van der Waals surface area contributed by atoms with Crippen LogP contribution in [0.1, 0.15) is 18.4 Å². The zero-order chi connectivity index (χ0) is 20.1. The molecule has 0 spiro atoms. The van der Waals surface area contributed by atoms with Crippen molar-refractivity contribution in [3.05, 3.63) is 53.7 Å². The first-order chi connectivity index (χ1) is 13.4. The summed E-state index contributed by atoms with van der Waals surface area (Å²) in [7, 11) is 0. The van der Waals surface area contributed by atoms with Crippen molar-refractivity contribution in [2.45, 2.75) is 19.8 Å². The smallest absolute Gasteiger partial charge is 0.238 e. The molecular weight excluding hydrogens is 366 g/mol. The molecule has 28 heavy (non-hydrogen) atoms. The number of aromatic nitrogens is 1. The number of rotatable bonds is 5. The van der Waals surface area contributed by atoms with Gasteiger partial charge in [0.2, 0.25) is 11.8 Å². The van der Waals surface area contributed by atoms with Gasteiger partial charge in [0.05, 0.1) is 12.2 Å². The molecule has 0 bridgehead atoms. The van der Waals surface area contributed by atoms with Crippen LogP contribution in [-0.2, 0) is 9.59 Å². The van der Waals surface area contributed by atoms with E-state index in [1.807, 2.05) is 24.0 Å². The molecule has 1 aliphatic heterocycles. The Labute approximate surface area is 162 Å². The second-order valence-corrected chi connectivity index (χ2v) is 6.93. The Balaban J connectivity index is 1.45. The molecule has 8 heteroatoms. The molecule has 2 heterocycles. The number of carbonyl (C=O) groups excluding carboxylic acids is 2. The van der Waals surface area contributed by atoms with E-state index < -0.39 is 11.6 Å². The van der Waals surface area contributed by atoms with E-state index >= 15 is 0 Å². The monoisotopic (exact) mass is 388 g/mol. The van der Waals surface area contributed by atoms with Gasteiger partial charge >= 0.3 is 0 Å². The number of amides is 2. The molecule has 1 fully saturated rings.